The van der Waals surface area contributed by atoms with Gasteiger partial charge in [0.25, 0.3) is 5.91 Å². The smallest absolute Gasteiger partial charge is 0.254 e. The average molecular weight is 291 g/mol. The van der Waals surface area contributed by atoms with Crippen molar-refractivity contribution in [2.75, 3.05) is 38.5 Å². The molecule has 1 aromatic carbocycles. The molecular weight excluding hydrogens is 266 g/mol. The van der Waals surface area contributed by atoms with E-state index < -0.39 is 0 Å². The molecular formula is C16H25N3O2. The van der Waals surface area contributed by atoms with E-state index in [0.717, 1.165) is 26.2 Å². The fourth-order valence-electron chi connectivity index (χ4n) is 2.83. The normalized spacial score (nSPS) is 19.6. The molecule has 1 aliphatic rings. The van der Waals surface area contributed by atoms with Gasteiger partial charge in [-0.25, -0.2) is 0 Å². The second-order valence-corrected chi connectivity index (χ2v) is 5.45. The Hall–Kier alpha value is -1.75. The van der Waals surface area contributed by atoms with Crippen LogP contribution in [-0.2, 0) is 0 Å². The molecule has 1 saturated heterocycles. The summed E-state index contributed by atoms with van der Waals surface area (Å²) in [7, 11) is 0. The Bertz CT molecular complexity index is 504. The van der Waals surface area contributed by atoms with E-state index in [0.29, 0.717) is 29.6 Å². The lowest BCUT2D eigenvalue weighted by molar-refractivity contribution is 0.0528. The molecule has 1 amide bonds. The number of benzene rings is 1. The Morgan fingerprint density at radius 3 is 2.71 bits per heavy atom. The second kappa shape index (κ2) is 6.80. The average Bonchev–Trinajstić information content (AvgIpc) is 2.46. The maximum atomic E-state index is 12.6. The number of anilines is 1. The van der Waals surface area contributed by atoms with Crippen molar-refractivity contribution in [3.05, 3.63) is 23.8 Å². The van der Waals surface area contributed by atoms with Crippen LogP contribution in [0, 0.1) is 0 Å². The van der Waals surface area contributed by atoms with E-state index in [1.165, 1.54) is 0 Å². The molecule has 5 nitrogen and oxygen atoms in total. The summed E-state index contributed by atoms with van der Waals surface area (Å²) in [6, 6.07) is 5.64. The van der Waals surface area contributed by atoms with Crippen molar-refractivity contribution in [2.45, 2.75) is 26.8 Å². The van der Waals surface area contributed by atoms with Gasteiger partial charge in [-0.2, -0.15) is 0 Å². The SMILES string of the molecule is CCOc1cc(N)cc(C(=O)N2CCN(CC)C(C)C2)c1. The van der Waals surface area contributed by atoms with Gasteiger partial charge in [-0.1, -0.05) is 6.92 Å². The van der Waals surface area contributed by atoms with Gasteiger partial charge in [0.2, 0.25) is 0 Å². The summed E-state index contributed by atoms with van der Waals surface area (Å²) >= 11 is 0. The third kappa shape index (κ3) is 3.67. The van der Waals surface area contributed by atoms with Crippen molar-refractivity contribution >= 4 is 11.6 Å². The van der Waals surface area contributed by atoms with Gasteiger partial charge in [0.15, 0.2) is 0 Å². The lowest BCUT2D eigenvalue weighted by atomic mass is 10.1. The lowest BCUT2D eigenvalue weighted by Crippen LogP contribution is -2.53. The number of likely N-dealkylation sites (N-methyl/N-ethyl adjacent to an activating group) is 1. The number of nitrogen functional groups attached to an aromatic ring is 1. The summed E-state index contributed by atoms with van der Waals surface area (Å²) in [5.41, 5.74) is 7.04. The van der Waals surface area contributed by atoms with Crippen LogP contribution in [0.15, 0.2) is 18.2 Å². The van der Waals surface area contributed by atoms with Crippen LogP contribution in [0.4, 0.5) is 5.69 Å². The van der Waals surface area contributed by atoms with Gasteiger partial charge in [-0.3, -0.25) is 9.69 Å². The molecule has 0 aromatic heterocycles. The van der Waals surface area contributed by atoms with Crippen molar-refractivity contribution in [3.63, 3.8) is 0 Å². The first kappa shape index (κ1) is 15.6. The van der Waals surface area contributed by atoms with Crippen LogP contribution in [0.3, 0.4) is 0 Å². The Balaban J connectivity index is 2.13. The summed E-state index contributed by atoms with van der Waals surface area (Å²) in [5.74, 6) is 0.687. The van der Waals surface area contributed by atoms with Gasteiger partial charge >= 0.3 is 0 Å². The molecule has 0 spiro atoms. The van der Waals surface area contributed by atoms with E-state index in [1.807, 2.05) is 11.8 Å². The molecule has 0 bridgehead atoms. The van der Waals surface area contributed by atoms with Crippen molar-refractivity contribution in [1.82, 2.24) is 9.80 Å². The minimum atomic E-state index is 0.0332. The predicted octanol–water partition coefficient (Wildman–Crippen LogP) is 1.83. The fourth-order valence-corrected chi connectivity index (χ4v) is 2.83. The highest BCUT2D eigenvalue weighted by Gasteiger charge is 2.26. The maximum absolute atomic E-state index is 12.6. The molecule has 2 rings (SSSR count). The Morgan fingerprint density at radius 2 is 2.10 bits per heavy atom. The van der Waals surface area contributed by atoms with Crippen LogP contribution in [0.2, 0.25) is 0 Å². The van der Waals surface area contributed by atoms with Gasteiger partial charge < -0.3 is 15.4 Å². The summed E-state index contributed by atoms with van der Waals surface area (Å²) in [4.78, 5) is 16.9. The van der Waals surface area contributed by atoms with E-state index in [4.69, 9.17) is 10.5 Å². The van der Waals surface area contributed by atoms with Gasteiger partial charge in [0.1, 0.15) is 5.75 Å². The van der Waals surface area contributed by atoms with Gasteiger partial charge in [-0.15, -0.1) is 0 Å². The van der Waals surface area contributed by atoms with Crippen LogP contribution in [0.25, 0.3) is 0 Å². The highest BCUT2D eigenvalue weighted by molar-refractivity contribution is 5.95. The number of carbonyl (C=O) groups is 1. The number of rotatable bonds is 4. The van der Waals surface area contributed by atoms with Crippen LogP contribution in [0.1, 0.15) is 31.1 Å². The van der Waals surface area contributed by atoms with Gasteiger partial charge in [-0.05, 0) is 32.5 Å². The summed E-state index contributed by atoms with van der Waals surface area (Å²) in [6.45, 7) is 10.2. The predicted molar refractivity (Wildman–Crippen MR) is 84.6 cm³/mol. The number of nitrogens with zero attached hydrogens (tertiary/aromatic N) is 2. The molecule has 1 fully saturated rings. The highest BCUT2D eigenvalue weighted by Crippen LogP contribution is 2.21. The molecule has 1 heterocycles. The number of hydrogen-bond acceptors (Lipinski definition) is 4. The van der Waals surface area contributed by atoms with Crippen LogP contribution in [0.5, 0.6) is 5.75 Å². The molecule has 2 N–H and O–H groups in total. The maximum Gasteiger partial charge on any atom is 0.254 e. The molecule has 1 unspecified atom stereocenters. The summed E-state index contributed by atoms with van der Waals surface area (Å²) < 4.78 is 5.46. The number of amides is 1. The first-order chi connectivity index (χ1) is 10.0. The minimum Gasteiger partial charge on any atom is -0.494 e. The molecule has 116 valence electrons. The number of hydrogen-bond donors (Lipinski definition) is 1. The van der Waals surface area contributed by atoms with Crippen molar-refractivity contribution in [2.24, 2.45) is 0 Å². The quantitative estimate of drug-likeness (QED) is 0.860. The van der Waals surface area contributed by atoms with E-state index in [9.17, 15) is 4.79 Å². The van der Waals surface area contributed by atoms with E-state index in [2.05, 4.69) is 18.7 Å². The molecule has 21 heavy (non-hydrogen) atoms. The molecule has 5 heteroatoms. The number of nitrogens with two attached hydrogens (primary N) is 1. The number of carbonyl (C=O) groups excluding carboxylic acids is 1. The fraction of sp³-hybridized carbons (Fsp3) is 0.562. The first-order valence-electron chi connectivity index (χ1n) is 7.61. The summed E-state index contributed by atoms with van der Waals surface area (Å²) in [6.07, 6.45) is 0. The molecule has 0 aliphatic carbocycles. The van der Waals surface area contributed by atoms with E-state index >= 15 is 0 Å². The zero-order chi connectivity index (χ0) is 15.4. The van der Waals surface area contributed by atoms with Crippen molar-refractivity contribution in [3.8, 4) is 5.75 Å². The molecule has 1 aliphatic heterocycles. The third-order valence-electron chi connectivity index (χ3n) is 3.95. The van der Waals surface area contributed by atoms with E-state index in [-0.39, 0.29) is 5.91 Å². The van der Waals surface area contributed by atoms with Crippen LogP contribution in [-0.4, -0.2) is 54.5 Å². The number of ether oxygens (including phenoxy) is 1. The Labute approximate surface area is 126 Å². The highest BCUT2D eigenvalue weighted by atomic mass is 16.5. The third-order valence-corrected chi connectivity index (χ3v) is 3.95. The van der Waals surface area contributed by atoms with Gasteiger partial charge in [0.05, 0.1) is 6.61 Å². The first-order valence-corrected chi connectivity index (χ1v) is 7.61. The molecule has 1 atom stereocenters. The van der Waals surface area contributed by atoms with Crippen LogP contribution < -0.4 is 10.5 Å². The second-order valence-electron chi connectivity index (χ2n) is 5.45. The van der Waals surface area contributed by atoms with E-state index in [1.54, 1.807) is 18.2 Å². The standard InChI is InChI=1S/C16H25N3O2/c1-4-18-6-7-19(11-12(18)3)16(20)13-8-14(17)10-15(9-13)21-5-2/h8-10,12H,4-7,11,17H2,1-3H3. The monoisotopic (exact) mass is 291 g/mol. The zero-order valence-electron chi connectivity index (χ0n) is 13.1. The lowest BCUT2D eigenvalue weighted by Gasteiger charge is -2.39. The Morgan fingerprint density at radius 1 is 1.33 bits per heavy atom. The number of piperazine rings is 1. The minimum absolute atomic E-state index is 0.0332. The summed E-state index contributed by atoms with van der Waals surface area (Å²) in [5, 5.41) is 0. The Kier molecular flexibility index (Phi) is 5.07. The van der Waals surface area contributed by atoms with Crippen LogP contribution >= 0.6 is 0 Å². The molecule has 0 saturated carbocycles. The van der Waals surface area contributed by atoms with Gasteiger partial charge in [0, 0.05) is 43.0 Å². The zero-order valence-corrected chi connectivity index (χ0v) is 13.1. The van der Waals surface area contributed by atoms with Crippen molar-refractivity contribution < 1.29 is 9.53 Å². The molecule has 0 radical (unpaired) electrons. The molecule has 1 aromatic rings. The largest absolute Gasteiger partial charge is 0.494 e. The van der Waals surface area contributed by atoms with Crippen molar-refractivity contribution in [1.29, 1.82) is 0 Å². The topological polar surface area (TPSA) is 58.8 Å².